The van der Waals surface area contributed by atoms with Crippen molar-refractivity contribution in [1.82, 2.24) is 25.2 Å². The molecule has 1 atom stereocenters. The van der Waals surface area contributed by atoms with Crippen LogP contribution in [0.4, 0.5) is 0 Å². The van der Waals surface area contributed by atoms with E-state index in [1.54, 1.807) is 0 Å². The van der Waals surface area contributed by atoms with E-state index in [9.17, 15) is 4.79 Å². The van der Waals surface area contributed by atoms with Crippen LogP contribution in [-0.2, 0) is 11.2 Å². The highest BCUT2D eigenvalue weighted by Crippen LogP contribution is 2.24. The second-order valence-corrected chi connectivity index (χ2v) is 7.84. The van der Waals surface area contributed by atoms with Crippen LogP contribution in [0.3, 0.4) is 0 Å². The van der Waals surface area contributed by atoms with E-state index in [4.69, 9.17) is 10.1 Å². The minimum Gasteiger partial charge on any atom is -0.353 e. The van der Waals surface area contributed by atoms with Gasteiger partial charge in [-0.15, -0.1) is 0 Å². The molecule has 2 aromatic rings. The van der Waals surface area contributed by atoms with Gasteiger partial charge >= 0.3 is 0 Å². The Bertz CT molecular complexity index is 800. The van der Waals surface area contributed by atoms with Gasteiger partial charge in [0.1, 0.15) is 0 Å². The molecule has 2 fully saturated rings. The van der Waals surface area contributed by atoms with Crippen molar-refractivity contribution in [1.29, 1.82) is 0 Å². The number of aryl methyl sites for hydroxylation is 2. The van der Waals surface area contributed by atoms with Crippen LogP contribution in [0.1, 0.15) is 67.1 Å². The van der Waals surface area contributed by atoms with Crippen molar-refractivity contribution in [3.63, 3.8) is 0 Å². The van der Waals surface area contributed by atoms with Crippen molar-refractivity contribution in [3.8, 4) is 0 Å². The molecule has 1 aliphatic heterocycles. The van der Waals surface area contributed by atoms with Crippen LogP contribution in [0.25, 0.3) is 5.65 Å². The fraction of sp³-hybridized carbons (Fsp3) is 0.650. The summed E-state index contributed by atoms with van der Waals surface area (Å²) in [5, 5.41) is 11.4. The lowest BCUT2D eigenvalue weighted by Crippen LogP contribution is -2.32. The molecule has 2 aliphatic rings. The van der Waals surface area contributed by atoms with Crippen LogP contribution in [0.15, 0.2) is 6.07 Å². The third-order valence-electron chi connectivity index (χ3n) is 5.98. The molecule has 140 valence electrons. The Morgan fingerprint density at radius 2 is 2.12 bits per heavy atom. The quantitative estimate of drug-likeness (QED) is 0.864. The average molecular weight is 355 g/mol. The first kappa shape index (κ1) is 17.5. The lowest BCUT2D eigenvalue weighted by molar-refractivity contribution is -0.121. The predicted molar refractivity (Wildman–Crippen MR) is 101 cm³/mol. The molecule has 0 radical (unpaired) electrons. The number of nitrogens with one attached hydrogen (secondary N) is 2. The molecule has 1 saturated heterocycles. The average Bonchev–Trinajstić information content (AvgIpc) is 3.35. The molecule has 6 nitrogen and oxygen atoms in total. The number of carbonyl (C=O) groups excluding carboxylic acids is 1. The Kier molecular flexibility index (Phi) is 4.94. The minimum absolute atomic E-state index is 0.161. The highest BCUT2D eigenvalue weighted by Gasteiger charge is 2.22. The fourth-order valence-corrected chi connectivity index (χ4v) is 4.42. The Balaban J connectivity index is 1.49. The van der Waals surface area contributed by atoms with Crippen molar-refractivity contribution in [2.24, 2.45) is 0 Å². The van der Waals surface area contributed by atoms with Crippen molar-refractivity contribution < 1.29 is 4.79 Å². The molecular formula is C20H29N5O. The Labute approximate surface area is 154 Å². The van der Waals surface area contributed by atoms with Gasteiger partial charge in [0.05, 0.1) is 5.69 Å². The van der Waals surface area contributed by atoms with Gasteiger partial charge in [-0.2, -0.15) is 5.10 Å². The van der Waals surface area contributed by atoms with Crippen molar-refractivity contribution in [2.75, 3.05) is 13.1 Å². The van der Waals surface area contributed by atoms with E-state index in [1.165, 1.54) is 12.8 Å². The van der Waals surface area contributed by atoms with E-state index >= 15 is 0 Å². The maximum absolute atomic E-state index is 12.3. The van der Waals surface area contributed by atoms with E-state index in [1.807, 2.05) is 11.4 Å². The second kappa shape index (κ2) is 7.35. The highest BCUT2D eigenvalue weighted by atomic mass is 16.1. The smallest absolute Gasteiger partial charge is 0.220 e. The molecule has 0 spiro atoms. The zero-order chi connectivity index (χ0) is 18.1. The third kappa shape index (κ3) is 3.47. The van der Waals surface area contributed by atoms with Gasteiger partial charge in [0.15, 0.2) is 5.65 Å². The third-order valence-corrected chi connectivity index (χ3v) is 5.98. The number of carbonyl (C=O) groups is 1. The summed E-state index contributed by atoms with van der Waals surface area (Å²) < 4.78 is 1.96. The highest BCUT2D eigenvalue weighted by molar-refractivity contribution is 5.76. The minimum atomic E-state index is 0.161. The lowest BCUT2D eigenvalue weighted by Gasteiger charge is -2.13. The van der Waals surface area contributed by atoms with E-state index < -0.39 is 0 Å². The zero-order valence-electron chi connectivity index (χ0n) is 15.8. The molecule has 6 heteroatoms. The largest absolute Gasteiger partial charge is 0.353 e. The summed E-state index contributed by atoms with van der Waals surface area (Å²) >= 11 is 0. The van der Waals surface area contributed by atoms with Gasteiger partial charge in [-0.25, -0.2) is 9.50 Å². The first-order valence-corrected chi connectivity index (χ1v) is 9.97. The summed E-state index contributed by atoms with van der Waals surface area (Å²) in [5.74, 6) is 0.644. The molecule has 3 heterocycles. The summed E-state index contributed by atoms with van der Waals surface area (Å²) in [4.78, 5) is 17.0. The topological polar surface area (TPSA) is 71.3 Å². The molecule has 1 saturated carbocycles. The van der Waals surface area contributed by atoms with E-state index in [-0.39, 0.29) is 5.91 Å². The summed E-state index contributed by atoms with van der Waals surface area (Å²) in [5.41, 5.74) is 5.32. The van der Waals surface area contributed by atoms with Gasteiger partial charge in [-0.1, -0.05) is 12.8 Å². The first-order chi connectivity index (χ1) is 12.6. The number of hydrogen-bond donors (Lipinski definition) is 2. The molecule has 0 bridgehead atoms. The van der Waals surface area contributed by atoms with Crippen LogP contribution >= 0.6 is 0 Å². The van der Waals surface area contributed by atoms with E-state index in [0.717, 1.165) is 67.1 Å². The maximum Gasteiger partial charge on any atom is 0.220 e. The first-order valence-electron chi connectivity index (χ1n) is 9.97. The molecule has 26 heavy (non-hydrogen) atoms. The molecule has 2 N–H and O–H groups in total. The lowest BCUT2D eigenvalue weighted by atomic mass is 10.1. The van der Waals surface area contributed by atoms with Gasteiger partial charge in [-0.05, 0) is 51.6 Å². The summed E-state index contributed by atoms with van der Waals surface area (Å²) in [6, 6.07) is 2.51. The standard InChI is InChI=1S/C20H29N5O/c1-13-17(7-8-20(26)23-16-5-3-4-6-16)14(2)25-19(22-13)11-18(24-25)15-9-10-21-12-15/h11,15-16,21H,3-10,12H2,1-2H3,(H,23,26)/t15-/m1/s1. The van der Waals surface area contributed by atoms with Gasteiger partial charge in [0.2, 0.25) is 5.91 Å². The summed E-state index contributed by atoms with van der Waals surface area (Å²) in [7, 11) is 0. The number of nitrogens with zero attached hydrogens (tertiary/aromatic N) is 3. The summed E-state index contributed by atoms with van der Waals surface area (Å²) in [6.45, 7) is 6.19. The van der Waals surface area contributed by atoms with Gasteiger partial charge in [0, 0.05) is 42.4 Å². The van der Waals surface area contributed by atoms with Gasteiger partial charge in [-0.3, -0.25) is 4.79 Å². The number of hydrogen-bond acceptors (Lipinski definition) is 4. The van der Waals surface area contributed by atoms with Crippen molar-refractivity contribution in [2.45, 2.75) is 70.8 Å². The Hall–Kier alpha value is -1.95. The van der Waals surface area contributed by atoms with Crippen LogP contribution in [0.5, 0.6) is 0 Å². The number of rotatable bonds is 5. The van der Waals surface area contributed by atoms with Crippen LogP contribution in [0.2, 0.25) is 0 Å². The number of aromatic nitrogens is 3. The van der Waals surface area contributed by atoms with Crippen LogP contribution in [-0.4, -0.2) is 39.6 Å². The van der Waals surface area contributed by atoms with E-state index in [0.29, 0.717) is 18.4 Å². The normalized spacial score (nSPS) is 20.9. The summed E-state index contributed by atoms with van der Waals surface area (Å²) in [6.07, 6.45) is 7.11. The van der Waals surface area contributed by atoms with Gasteiger partial charge in [0.25, 0.3) is 0 Å². The monoisotopic (exact) mass is 355 g/mol. The van der Waals surface area contributed by atoms with Gasteiger partial charge < -0.3 is 10.6 Å². The number of amides is 1. The molecule has 0 aromatic carbocycles. The van der Waals surface area contributed by atoms with E-state index in [2.05, 4.69) is 23.6 Å². The Morgan fingerprint density at radius 3 is 2.85 bits per heavy atom. The molecule has 4 rings (SSSR count). The Morgan fingerprint density at radius 1 is 1.31 bits per heavy atom. The molecule has 1 amide bonds. The molecule has 2 aromatic heterocycles. The number of fused-ring (bicyclic) bond motifs is 1. The zero-order valence-corrected chi connectivity index (χ0v) is 15.8. The van der Waals surface area contributed by atoms with Crippen LogP contribution in [0, 0.1) is 13.8 Å². The maximum atomic E-state index is 12.3. The van der Waals surface area contributed by atoms with Crippen molar-refractivity contribution in [3.05, 3.63) is 28.7 Å². The molecular weight excluding hydrogens is 326 g/mol. The SMILES string of the molecule is Cc1nc2cc([C@@H]3CCNC3)nn2c(C)c1CCC(=O)NC1CCCC1. The molecule has 0 unspecified atom stereocenters. The predicted octanol–water partition coefficient (Wildman–Crippen LogP) is 2.41. The molecule has 1 aliphatic carbocycles. The fourth-order valence-electron chi connectivity index (χ4n) is 4.42. The van der Waals surface area contributed by atoms with Crippen molar-refractivity contribution >= 4 is 11.6 Å². The van der Waals surface area contributed by atoms with Crippen LogP contribution < -0.4 is 10.6 Å². The second-order valence-electron chi connectivity index (χ2n) is 7.84.